The molecule has 3 unspecified atom stereocenters. The molecule has 8 N–H and O–H groups in total. The summed E-state index contributed by atoms with van der Waals surface area (Å²) in [5.74, 6) is -5.84. The predicted molar refractivity (Wildman–Crippen MR) is 116 cm³/mol. The van der Waals surface area contributed by atoms with E-state index in [1.807, 2.05) is 6.26 Å². The lowest BCUT2D eigenvalue weighted by molar-refractivity contribution is -0.144. The van der Waals surface area contributed by atoms with Crippen LogP contribution in [0, 0.1) is 11.8 Å². The van der Waals surface area contributed by atoms with Crippen LogP contribution in [-0.2, 0) is 28.3 Å². The van der Waals surface area contributed by atoms with Crippen LogP contribution in [0.25, 0.3) is 0 Å². The van der Waals surface area contributed by atoms with Crippen LogP contribution < -0.4 is 11.5 Å². The molecule has 3 aliphatic rings. The SMILES string of the molecule is CSCc1cc(CN)c2c(c1O)C(=O)C1=C(O)C3(O)C(=O)C(C(N)=O)=C(O)CC3CC1C2. The van der Waals surface area contributed by atoms with Crippen LogP contribution in [0.2, 0.25) is 0 Å². The van der Waals surface area contributed by atoms with Gasteiger partial charge in [0.15, 0.2) is 11.4 Å². The molecule has 0 radical (unpaired) electrons. The van der Waals surface area contributed by atoms with E-state index < -0.39 is 52.0 Å². The first-order valence-electron chi connectivity index (χ1n) is 10.1. The number of phenolic OH excluding ortho intramolecular Hbond substituents is 1. The van der Waals surface area contributed by atoms with E-state index in [0.717, 1.165) is 0 Å². The molecule has 10 heteroatoms. The maximum atomic E-state index is 13.5. The van der Waals surface area contributed by atoms with Crippen molar-refractivity contribution in [1.82, 2.24) is 0 Å². The normalized spacial score (nSPS) is 27.2. The highest BCUT2D eigenvalue weighted by atomic mass is 32.2. The second-order valence-electron chi connectivity index (χ2n) is 8.44. The largest absolute Gasteiger partial charge is 0.511 e. The van der Waals surface area contributed by atoms with Gasteiger partial charge < -0.3 is 31.9 Å². The van der Waals surface area contributed by atoms with E-state index in [4.69, 9.17) is 11.5 Å². The summed E-state index contributed by atoms with van der Waals surface area (Å²) in [6, 6.07) is 1.77. The molecule has 0 bridgehead atoms. The molecule has 0 saturated heterocycles. The molecule has 0 saturated carbocycles. The topological polar surface area (TPSA) is 184 Å². The quantitative estimate of drug-likeness (QED) is 0.355. The number of allylic oxidation sites excluding steroid dienone is 2. The molecule has 0 aromatic heterocycles. The predicted octanol–water partition coefficient (Wildman–Crippen LogP) is 0.902. The average Bonchev–Trinajstić information content (AvgIpc) is 2.72. The van der Waals surface area contributed by atoms with E-state index in [0.29, 0.717) is 22.4 Å². The maximum absolute atomic E-state index is 13.5. The molecule has 0 fully saturated rings. The molecule has 1 aromatic carbocycles. The molecule has 1 amide bonds. The van der Waals surface area contributed by atoms with Crippen molar-refractivity contribution in [2.45, 2.75) is 37.2 Å². The Morgan fingerprint density at radius 2 is 1.91 bits per heavy atom. The highest BCUT2D eigenvalue weighted by Gasteiger charge is 2.59. The van der Waals surface area contributed by atoms with Gasteiger partial charge in [-0.15, -0.1) is 0 Å². The summed E-state index contributed by atoms with van der Waals surface area (Å²) >= 11 is 1.45. The number of carbonyl (C=O) groups excluding carboxylic acids is 3. The number of benzene rings is 1. The zero-order chi connectivity index (χ0) is 23.5. The van der Waals surface area contributed by atoms with E-state index in [1.54, 1.807) is 6.07 Å². The van der Waals surface area contributed by atoms with Crippen molar-refractivity contribution in [3.63, 3.8) is 0 Å². The molecule has 0 heterocycles. The lowest BCUT2D eigenvalue weighted by Crippen LogP contribution is -2.57. The minimum absolute atomic E-state index is 0.00798. The summed E-state index contributed by atoms with van der Waals surface area (Å²) in [7, 11) is 0. The van der Waals surface area contributed by atoms with E-state index >= 15 is 0 Å². The van der Waals surface area contributed by atoms with Gasteiger partial charge in [-0.05, 0) is 42.2 Å². The second-order valence-corrected chi connectivity index (χ2v) is 9.31. The Morgan fingerprint density at radius 3 is 2.50 bits per heavy atom. The standard InChI is InChI=1S/C22H24N2O7S/c1-32-7-10-2-9(6-23)12-4-8-3-11-5-13(25)16(21(24)30)20(29)22(11,31)19(28)14(8)18(27)15(12)17(10)26/h2,8,11,25-26,28,31H,3-7,23H2,1H3,(H2,24,30). The summed E-state index contributed by atoms with van der Waals surface area (Å²) in [6.45, 7) is 0.145. The molecule has 0 spiro atoms. The monoisotopic (exact) mass is 460 g/mol. The van der Waals surface area contributed by atoms with Crippen molar-refractivity contribution in [3.8, 4) is 5.75 Å². The lowest BCUT2D eigenvalue weighted by atomic mass is 9.60. The van der Waals surface area contributed by atoms with Crippen molar-refractivity contribution < 1.29 is 34.8 Å². The number of thioether (sulfide) groups is 1. The van der Waals surface area contributed by atoms with Crippen molar-refractivity contribution >= 4 is 29.2 Å². The molecular weight excluding hydrogens is 436 g/mol. The summed E-state index contributed by atoms with van der Waals surface area (Å²) in [5.41, 5.74) is 9.40. The number of amides is 1. The van der Waals surface area contributed by atoms with Crippen LogP contribution >= 0.6 is 11.8 Å². The third kappa shape index (κ3) is 2.90. The molecule has 3 aliphatic carbocycles. The smallest absolute Gasteiger partial charge is 0.255 e. The molecule has 170 valence electrons. The highest BCUT2D eigenvalue weighted by Crippen LogP contribution is 2.52. The van der Waals surface area contributed by atoms with Gasteiger partial charge in [-0.25, -0.2) is 0 Å². The molecule has 1 aromatic rings. The van der Waals surface area contributed by atoms with Crippen LogP contribution in [0.15, 0.2) is 28.7 Å². The first-order valence-corrected chi connectivity index (χ1v) is 11.5. The Morgan fingerprint density at radius 1 is 1.22 bits per heavy atom. The Balaban J connectivity index is 1.92. The second kappa shape index (κ2) is 7.65. The van der Waals surface area contributed by atoms with Gasteiger partial charge in [-0.1, -0.05) is 0 Å². The number of hydrogen-bond acceptors (Lipinski definition) is 9. The van der Waals surface area contributed by atoms with Gasteiger partial charge in [0.1, 0.15) is 22.8 Å². The number of aliphatic hydroxyl groups is 3. The summed E-state index contributed by atoms with van der Waals surface area (Å²) in [6.07, 6.45) is 1.95. The number of hydrogen-bond donors (Lipinski definition) is 6. The van der Waals surface area contributed by atoms with Crippen LogP contribution in [0.1, 0.15) is 39.9 Å². The number of phenols is 1. The number of ketones is 2. The first kappa shape index (κ1) is 22.4. The molecule has 32 heavy (non-hydrogen) atoms. The van der Waals surface area contributed by atoms with E-state index in [2.05, 4.69) is 0 Å². The number of rotatable bonds is 4. The average molecular weight is 461 g/mol. The summed E-state index contributed by atoms with van der Waals surface area (Å²) in [4.78, 5) is 38.1. The van der Waals surface area contributed by atoms with Gasteiger partial charge in [0.05, 0.1) is 5.56 Å². The van der Waals surface area contributed by atoms with Crippen molar-refractivity contribution in [2.24, 2.45) is 23.3 Å². The zero-order valence-corrected chi connectivity index (χ0v) is 18.2. The Bertz CT molecular complexity index is 1140. The van der Waals surface area contributed by atoms with Gasteiger partial charge in [-0.2, -0.15) is 11.8 Å². The number of aromatic hydroxyl groups is 1. The molecular formula is C22H24N2O7S. The number of carbonyl (C=O) groups is 3. The number of nitrogens with two attached hydrogens (primary N) is 2. The van der Waals surface area contributed by atoms with Crippen LogP contribution in [0.5, 0.6) is 5.75 Å². The van der Waals surface area contributed by atoms with Crippen LogP contribution in [0.4, 0.5) is 0 Å². The minimum Gasteiger partial charge on any atom is -0.511 e. The molecule has 9 nitrogen and oxygen atoms in total. The number of primary amides is 1. The van der Waals surface area contributed by atoms with E-state index in [9.17, 15) is 34.8 Å². The number of aliphatic hydroxyl groups excluding tert-OH is 2. The molecule has 0 aliphatic heterocycles. The fourth-order valence-electron chi connectivity index (χ4n) is 5.27. The fraction of sp³-hybridized carbons (Fsp3) is 0.409. The minimum atomic E-state index is -2.56. The Hall–Kier alpha value is -2.82. The Labute approximate surface area is 187 Å². The zero-order valence-electron chi connectivity index (χ0n) is 17.3. The maximum Gasteiger partial charge on any atom is 0.255 e. The van der Waals surface area contributed by atoms with Crippen molar-refractivity contribution in [1.29, 1.82) is 0 Å². The van der Waals surface area contributed by atoms with Gasteiger partial charge in [0, 0.05) is 35.8 Å². The van der Waals surface area contributed by atoms with Gasteiger partial charge in [0.25, 0.3) is 5.91 Å². The number of fused-ring (bicyclic) bond motifs is 3. The molecule has 4 rings (SSSR count). The summed E-state index contributed by atoms with van der Waals surface area (Å²) in [5, 5.41) is 43.3. The third-order valence-corrected chi connectivity index (χ3v) is 7.35. The van der Waals surface area contributed by atoms with Gasteiger partial charge >= 0.3 is 0 Å². The van der Waals surface area contributed by atoms with Crippen molar-refractivity contribution in [3.05, 3.63) is 51.0 Å². The van der Waals surface area contributed by atoms with Crippen LogP contribution in [0.3, 0.4) is 0 Å². The van der Waals surface area contributed by atoms with Crippen molar-refractivity contribution in [2.75, 3.05) is 6.26 Å². The fourth-order valence-corrected chi connectivity index (χ4v) is 5.80. The number of Topliss-reactive ketones (excluding diaryl/α,β-unsaturated/α-hetero) is 2. The van der Waals surface area contributed by atoms with Gasteiger partial charge in [-0.3, -0.25) is 14.4 Å². The van der Waals surface area contributed by atoms with E-state index in [1.165, 1.54) is 11.8 Å². The third-order valence-electron chi connectivity index (χ3n) is 6.75. The summed E-state index contributed by atoms with van der Waals surface area (Å²) < 4.78 is 0. The first-order chi connectivity index (χ1) is 15.1. The Kier molecular flexibility index (Phi) is 5.35. The highest BCUT2D eigenvalue weighted by molar-refractivity contribution is 7.97. The van der Waals surface area contributed by atoms with Crippen LogP contribution in [-0.4, -0.2) is 49.8 Å². The molecule has 3 atom stereocenters. The van der Waals surface area contributed by atoms with Gasteiger partial charge in [0.2, 0.25) is 5.78 Å². The van der Waals surface area contributed by atoms with E-state index in [-0.39, 0.29) is 42.7 Å². The lowest BCUT2D eigenvalue weighted by Gasteiger charge is -2.45.